The average molecular weight is 380 g/mol. The van der Waals surface area contributed by atoms with Crippen LogP contribution in [-0.4, -0.2) is 27.2 Å². The van der Waals surface area contributed by atoms with Crippen molar-refractivity contribution in [3.8, 4) is 0 Å². The molecule has 124 valence electrons. The summed E-state index contributed by atoms with van der Waals surface area (Å²) in [5, 5.41) is 6.60. The normalized spacial score (nSPS) is 13.7. The van der Waals surface area contributed by atoms with Gasteiger partial charge in [-0.2, -0.15) is 0 Å². The van der Waals surface area contributed by atoms with Crippen molar-refractivity contribution < 1.29 is 4.84 Å². The Balaban J connectivity index is 0.000000247. The number of fused-ring (bicyclic) bond motifs is 1. The number of allylic oxidation sites excluding steroid dienone is 2. The van der Waals surface area contributed by atoms with Crippen molar-refractivity contribution in [3.63, 3.8) is 0 Å². The number of hydrogen-bond donors (Lipinski definition) is 1. The lowest BCUT2D eigenvalue weighted by molar-refractivity contribution is 0.187. The number of halogens is 1. The Hall–Kier alpha value is -2.15. The number of aromatic nitrogens is 3. The van der Waals surface area contributed by atoms with Gasteiger partial charge in [-0.05, 0) is 29.8 Å². The highest BCUT2D eigenvalue weighted by molar-refractivity contribution is 9.10. The summed E-state index contributed by atoms with van der Waals surface area (Å²) in [5.41, 5.74) is 2.77. The van der Waals surface area contributed by atoms with E-state index in [2.05, 4.69) is 47.8 Å². The minimum absolute atomic E-state index is 0.649. The highest BCUT2D eigenvalue weighted by atomic mass is 79.9. The van der Waals surface area contributed by atoms with Crippen molar-refractivity contribution in [3.05, 3.63) is 47.1 Å². The minimum atomic E-state index is 0.649. The molecule has 0 saturated carbocycles. The van der Waals surface area contributed by atoms with Crippen molar-refractivity contribution >= 4 is 33.6 Å². The van der Waals surface area contributed by atoms with Crippen LogP contribution in [0.4, 0.5) is 5.82 Å². The zero-order chi connectivity index (χ0) is 17.2. The standard InChI is InChI=1S/C9H9BrN4.C5H7NO.C2H6/c1-6(2)12-8-9-11-3-4-14(9)5-7(10)13-8;1-2-5-3-6-7-4-5;1-2/h3-5H,1H2,2H3,(H,12,13);2-3H,4H2,1H3;1-2H3/b;5-2-;. The second kappa shape index (κ2) is 9.78. The predicted molar refractivity (Wildman–Crippen MR) is 98.7 cm³/mol. The SMILES string of the molecule is C/C=C1/C=NOC1.C=C(C)Nc1nc(Br)cn2ccnc12.CC. The maximum atomic E-state index is 4.65. The Morgan fingerprint density at radius 2 is 2.22 bits per heavy atom. The van der Waals surface area contributed by atoms with Crippen LogP contribution >= 0.6 is 15.9 Å². The lowest BCUT2D eigenvalue weighted by atomic mass is 10.3. The van der Waals surface area contributed by atoms with Gasteiger partial charge in [-0.25, -0.2) is 9.97 Å². The summed E-state index contributed by atoms with van der Waals surface area (Å²) < 4.78 is 2.65. The maximum Gasteiger partial charge on any atom is 0.180 e. The van der Waals surface area contributed by atoms with E-state index in [9.17, 15) is 0 Å². The predicted octanol–water partition coefficient (Wildman–Crippen LogP) is 4.41. The molecule has 0 saturated heterocycles. The summed E-state index contributed by atoms with van der Waals surface area (Å²) in [4.78, 5) is 13.1. The molecule has 23 heavy (non-hydrogen) atoms. The van der Waals surface area contributed by atoms with Gasteiger partial charge < -0.3 is 14.6 Å². The molecule has 6 nitrogen and oxygen atoms in total. The van der Waals surface area contributed by atoms with Gasteiger partial charge in [0, 0.05) is 29.9 Å². The Morgan fingerprint density at radius 1 is 1.48 bits per heavy atom. The number of hydrogen-bond acceptors (Lipinski definition) is 5. The molecule has 1 aliphatic heterocycles. The fourth-order valence-corrected chi connectivity index (χ4v) is 2.00. The van der Waals surface area contributed by atoms with Gasteiger partial charge in [0.05, 0.1) is 6.21 Å². The van der Waals surface area contributed by atoms with Crippen molar-refractivity contribution in [2.45, 2.75) is 27.7 Å². The van der Waals surface area contributed by atoms with Gasteiger partial charge in [0.15, 0.2) is 11.5 Å². The van der Waals surface area contributed by atoms with Gasteiger partial charge in [0.1, 0.15) is 11.2 Å². The van der Waals surface area contributed by atoms with Crippen LogP contribution in [0.15, 0.2) is 52.3 Å². The molecule has 0 spiro atoms. The maximum absolute atomic E-state index is 4.65. The molecule has 0 bridgehead atoms. The number of imidazole rings is 1. The Bertz CT molecular complexity index is 703. The lowest BCUT2D eigenvalue weighted by Crippen LogP contribution is -2.00. The molecule has 1 aliphatic rings. The summed E-state index contributed by atoms with van der Waals surface area (Å²) >= 11 is 3.33. The summed E-state index contributed by atoms with van der Waals surface area (Å²) in [7, 11) is 0. The number of oxime groups is 1. The van der Waals surface area contributed by atoms with Gasteiger partial charge in [0.2, 0.25) is 0 Å². The summed E-state index contributed by atoms with van der Waals surface area (Å²) in [5.74, 6) is 0.705. The first-order chi connectivity index (χ1) is 11.1. The summed E-state index contributed by atoms with van der Waals surface area (Å²) in [6, 6.07) is 0. The van der Waals surface area contributed by atoms with Crippen LogP contribution < -0.4 is 5.32 Å². The molecule has 0 unspecified atom stereocenters. The van der Waals surface area contributed by atoms with Crippen LogP contribution in [0.1, 0.15) is 27.7 Å². The highest BCUT2D eigenvalue weighted by Gasteiger charge is 2.05. The number of rotatable bonds is 2. The third-order valence-corrected chi connectivity index (χ3v) is 2.95. The number of nitrogens with one attached hydrogen (secondary N) is 1. The van der Waals surface area contributed by atoms with Crippen LogP contribution in [0, 0.1) is 0 Å². The van der Waals surface area contributed by atoms with Crippen molar-refractivity contribution in [1.82, 2.24) is 14.4 Å². The van der Waals surface area contributed by atoms with Gasteiger partial charge in [0.25, 0.3) is 0 Å². The largest absolute Gasteiger partial charge is 0.391 e. The number of nitrogens with zero attached hydrogens (tertiary/aromatic N) is 4. The lowest BCUT2D eigenvalue weighted by Gasteiger charge is -2.06. The molecule has 0 atom stereocenters. The molecule has 0 aliphatic carbocycles. The summed E-state index contributed by atoms with van der Waals surface area (Å²) in [6.45, 7) is 12.3. The topological polar surface area (TPSA) is 63.8 Å². The molecule has 0 aromatic carbocycles. The van der Waals surface area contributed by atoms with Gasteiger partial charge >= 0.3 is 0 Å². The zero-order valence-corrected chi connectivity index (χ0v) is 15.5. The van der Waals surface area contributed by atoms with E-state index < -0.39 is 0 Å². The van der Waals surface area contributed by atoms with E-state index in [4.69, 9.17) is 0 Å². The van der Waals surface area contributed by atoms with E-state index >= 15 is 0 Å². The Morgan fingerprint density at radius 3 is 2.74 bits per heavy atom. The minimum Gasteiger partial charge on any atom is -0.391 e. The van der Waals surface area contributed by atoms with E-state index in [1.807, 2.05) is 50.6 Å². The first-order valence-corrected chi connectivity index (χ1v) is 8.11. The van der Waals surface area contributed by atoms with Crippen LogP contribution in [0.3, 0.4) is 0 Å². The Labute approximate surface area is 145 Å². The van der Waals surface area contributed by atoms with Crippen LogP contribution in [-0.2, 0) is 4.84 Å². The van der Waals surface area contributed by atoms with Crippen LogP contribution in [0.2, 0.25) is 0 Å². The monoisotopic (exact) mass is 379 g/mol. The first-order valence-electron chi connectivity index (χ1n) is 7.32. The van der Waals surface area contributed by atoms with Crippen molar-refractivity contribution in [2.75, 3.05) is 11.9 Å². The molecule has 1 N–H and O–H groups in total. The third-order valence-electron chi connectivity index (χ3n) is 2.57. The van der Waals surface area contributed by atoms with Gasteiger partial charge in [-0.3, -0.25) is 0 Å². The van der Waals surface area contributed by atoms with Crippen molar-refractivity contribution in [1.29, 1.82) is 0 Å². The van der Waals surface area contributed by atoms with E-state index in [0.29, 0.717) is 12.4 Å². The molecule has 2 aromatic heterocycles. The summed E-state index contributed by atoms with van der Waals surface area (Å²) in [6.07, 6.45) is 9.15. The Kier molecular flexibility index (Phi) is 8.04. The molecule has 7 heteroatoms. The molecule has 3 rings (SSSR count). The molecule has 2 aromatic rings. The molecule has 3 heterocycles. The smallest absolute Gasteiger partial charge is 0.180 e. The van der Waals surface area contributed by atoms with Crippen LogP contribution in [0.5, 0.6) is 0 Å². The second-order valence-electron chi connectivity index (χ2n) is 4.35. The van der Waals surface area contributed by atoms with E-state index in [1.165, 1.54) is 0 Å². The van der Waals surface area contributed by atoms with Gasteiger partial charge in [-0.1, -0.05) is 31.7 Å². The fraction of sp³-hybridized carbons (Fsp3) is 0.312. The third kappa shape index (κ3) is 5.86. The zero-order valence-electron chi connectivity index (χ0n) is 13.9. The van der Waals surface area contributed by atoms with Crippen molar-refractivity contribution in [2.24, 2.45) is 5.16 Å². The molecular weight excluding hydrogens is 358 g/mol. The quantitative estimate of drug-likeness (QED) is 0.838. The first kappa shape index (κ1) is 18.9. The van der Waals surface area contributed by atoms with Crippen LogP contribution in [0.25, 0.3) is 5.65 Å². The molecule has 0 radical (unpaired) electrons. The molecular formula is C16H22BrN5O. The second-order valence-corrected chi connectivity index (χ2v) is 5.16. The van der Waals surface area contributed by atoms with E-state index in [-0.39, 0.29) is 0 Å². The number of anilines is 1. The molecule has 0 fully saturated rings. The van der Waals surface area contributed by atoms with E-state index in [1.54, 1.807) is 12.4 Å². The molecule has 0 amide bonds. The fourth-order valence-electron chi connectivity index (χ4n) is 1.60. The average Bonchev–Trinajstić information content (AvgIpc) is 3.20. The van der Waals surface area contributed by atoms with E-state index in [0.717, 1.165) is 21.5 Å². The highest BCUT2D eigenvalue weighted by Crippen LogP contribution is 2.17. The van der Waals surface area contributed by atoms with Gasteiger partial charge in [-0.15, -0.1) is 0 Å².